The zero-order valence-corrected chi connectivity index (χ0v) is 14.7. The molecule has 0 spiro atoms. The van der Waals surface area contributed by atoms with Gasteiger partial charge >= 0.3 is 6.09 Å². The van der Waals surface area contributed by atoms with Gasteiger partial charge in [-0.2, -0.15) is 0 Å². The molecule has 1 aliphatic heterocycles. The molecule has 1 fully saturated rings. The van der Waals surface area contributed by atoms with Crippen LogP contribution in [0.1, 0.15) is 46.2 Å². The molecule has 1 aromatic rings. The maximum Gasteiger partial charge on any atom is 0.413 e. The van der Waals surface area contributed by atoms with Gasteiger partial charge in [0.15, 0.2) is 0 Å². The maximum absolute atomic E-state index is 12.6. The number of amides is 1. The fourth-order valence-electron chi connectivity index (χ4n) is 2.42. The molecule has 5 heteroatoms. The Morgan fingerprint density at radius 2 is 2.10 bits per heavy atom. The van der Waals surface area contributed by atoms with E-state index in [9.17, 15) is 4.79 Å². The highest BCUT2D eigenvalue weighted by atomic mass is 79.9. The van der Waals surface area contributed by atoms with Gasteiger partial charge in [0.25, 0.3) is 0 Å². The number of hydrogen-bond donors (Lipinski definition) is 0. The minimum absolute atomic E-state index is 0.146. The second-order valence-corrected chi connectivity index (χ2v) is 7.59. The van der Waals surface area contributed by atoms with Crippen molar-refractivity contribution in [3.05, 3.63) is 34.3 Å². The second kappa shape index (κ2) is 5.61. The van der Waals surface area contributed by atoms with Crippen molar-refractivity contribution in [3.63, 3.8) is 0 Å². The summed E-state index contributed by atoms with van der Waals surface area (Å²) in [5.74, 6) is 0. The van der Waals surface area contributed by atoms with Crippen molar-refractivity contribution in [2.24, 2.45) is 0 Å². The van der Waals surface area contributed by atoms with E-state index >= 15 is 0 Å². The quantitative estimate of drug-likeness (QED) is 0.744. The minimum atomic E-state index is -0.685. The van der Waals surface area contributed by atoms with Crippen LogP contribution in [0.2, 0.25) is 0 Å². The van der Waals surface area contributed by atoms with Gasteiger partial charge in [0.05, 0.1) is 12.6 Å². The Bertz CT molecular complexity index is 537. The first kappa shape index (κ1) is 16.3. The summed E-state index contributed by atoms with van der Waals surface area (Å²) in [7, 11) is 0. The molecule has 1 atom stereocenters. The van der Waals surface area contributed by atoms with E-state index in [4.69, 9.17) is 9.47 Å². The van der Waals surface area contributed by atoms with E-state index in [2.05, 4.69) is 15.9 Å². The summed E-state index contributed by atoms with van der Waals surface area (Å²) in [6.07, 6.45) is -0.352. The predicted octanol–water partition coefficient (Wildman–Crippen LogP) is 4.49. The molecule has 1 aromatic carbocycles. The Morgan fingerprint density at radius 1 is 1.43 bits per heavy atom. The highest BCUT2D eigenvalue weighted by Gasteiger charge is 2.46. The van der Waals surface area contributed by atoms with Crippen molar-refractivity contribution >= 4 is 22.0 Å². The number of carbonyl (C=O) groups excluding carboxylic acids is 1. The van der Waals surface area contributed by atoms with Gasteiger partial charge in [-0.15, -0.1) is 0 Å². The van der Waals surface area contributed by atoms with Crippen molar-refractivity contribution in [3.8, 4) is 0 Å². The number of carbonyl (C=O) groups is 1. The fourth-order valence-corrected chi connectivity index (χ4v) is 2.84. The van der Waals surface area contributed by atoms with Crippen LogP contribution in [0, 0.1) is 0 Å². The van der Waals surface area contributed by atoms with Gasteiger partial charge < -0.3 is 9.47 Å². The first-order chi connectivity index (χ1) is 9.60. The summed E-state index contributed by atoms with van der Waals surface area (Å²) in [6.45, 7) is 9.82. The highest BCUT2D eigenvalue weighted by molar-refractivity contribution is 9.10. The lowest BCUT2D eigenvalue weighted by Crippen LogP contribution is -2.47. The Hall–Kier alpha value is -1.07. The van der Waals surface area contributed by atoms with Crippen LogP contribution in [-0.4, -0.2) is 28.9 Å². The average molecular weight is 356 g/mol. The monoisotopic (exact) mass is 355 g/mol. The highest BCUT2D eigenvalue weighted by Crippen LogP contribution is 2.38. The molecule has 0 N–H and O–H groups in total. The number of halogens is 1. The first-order valence-electron chi connectivity index (χ1n) is 7.02. The molecule has 0 aliphatic carbocycles. The van der Waals surface area contributed by atoms with Gasteiger partial charge in [-0.05, 0) is 52.3 Å². The van der Waals surface area contributed by atoms with Crippen LogP contribution in [0.25, 0.3) is 0 Å². The summed E-state index contributed by atoms with van der Waals surface area (Å²) >= 11 is 3.47. The number of rotatable bonds is 1. The van der Waals surface area contributed by atoms with Gasteiger partial charge in [-0.25, -0.2) is 4.79 Å². The largest absolute Gasteiger partial charge is 0.444 e. The van der Waals surface area contributed by atoms with Crippen molar-refractivity contribution < 1.29 is 14.3 Å². The van der Waals surface area contributed by atoms with Crippen molar-refractivity contribution in [2.45, 2.75) is 52.0 Å². The van der Waals surface area contributed by atoms with Gasteiger partial charge in [-0.3, -0.25) is 4.90 Å². The van der Waals surface area contributed by atoms with E-state index in [-0.39, 0.29) is 12.1 Å². The molecule has 21 heavy (non-hydrogen) atoms. The first-order valence-corrected chi connectivity index (χ1v) is 7.81. The standard InChI is InChI=1S/C16H22BrNO3/c1-15(2,3)21-14(19)18-13(10-20-16(18,4)5)11-7-6-8-12(17)9-11/h6-9,13H,10H2,1-5H3. The molecule has 4 nitrogen and oxygen atoms in total. The smallest absolute Gasteiger partial charge is 0.413 e. The van der Waals surface area contributed by atoms with E-state index in [0.29, 0.717) is 6.61 Å². The predicted molar refractivity (Wildman–Crippen MR) is 85.0 cm³/mol. The zero-order valence-electron chi connectivity index (χ0n) is 13.1. The average Bonchev–Trinajstić information content (AvgIpc) is 2.62. The third kappa shape index (κ3) is 3.77. The molecule has 1 aliphatic rings. The van der Waals surface area contributed by atoms with Gasteiger partial charge in [0, 0.05) is 4.47 Å². The Labute approximate surface area is 134 Å². The van der Waals surface area contributed by atoms with Crippen molar-refractivity contribution in [1.82, 2.24) is 4.90 Å². The SMILES string of the molecule is CC(C)(C)OC(=O)N1C(c2cccc(Br)c2)COC1(C)C. The Morgan fingerprint density at radius 3 is 2.67 bits per heavy atom. The van der Waals surface area contributed by atoms with E-state index in [1.165, 1.54) is 0 Å². The van der Waals surface area contributed by atoms with E-state index in [0.717, 1.165) is 10.0 Å². The second-order valence-electron chi connectivity index (χ2n) is 6.68. The molecular weight excluding hydrogens is 334 g/mol. The molecular formula is C16H22BrNO3. The van der Waals surface area contributed by atoms with Crippen LogP contribution >= 0.6 is 15.9 Å². The van der Waals surface area contributed by atoms with Crippen molar-refractivity contribution in [2.75, 3.05) is 6.61 Å². The number of nitrogens with zero attached hydrogens (tertiary/aromatic N) is 1. The molecule has 1 heterocycles. The molecule has 1 amide bonds. The topological polar surface area (TPSA) is 38.8 Å². The molecule has 2 rings (SSSR count). The van der Waals surface area contributed by atoms with Crippen LogP contribution in [-0.2, 0) is 9.47 Å². The van der Waals surface area contributed by atoms with Crippen molar-refractivity contribution in [1.29, 1.82) is 0 Å². The number of ether oxygens (including phenoxy) is 2. The lowest BCUT2D eigenvalue weighted by molar-refractivity contribution is -0.0626. The van der Waals surface area contributed by atoms with Crippen LogP contribution in [0.5, 0.6) is 0 Å². The normalized spacial score (nSPS) is 21.4. The van der Waals surface area contributed by atoms with E-state index in [1.54, 1.807) is 4.90 Å². The van der Waals surface area contributed by atoms with Gasteiger partial charge in [-0.1, -0.05) is 28.1 Å². The Kier molecular flexibility index (Phi) is 4.36. The van der Waals surface area contributed by atoms with E-state index < -0.39 is 11.3 Å². The van der Waals surface area contributed by atoms with Gasteiger partial charge in [0.2, 0.25) is 0 Å². The fraction of sp³-hybridized carbons (Fsp3) is 0.562. The molecule has 1 unspecified atom stereocenters. The summed E-state index contributed by atoms with van der Waals surface area (Å²) in [4.78, 5) is 14.2. The third-order valence-corrected chi connectivity index (χ3v) is 3.80. The van der Waals surface area contributed by atoms with Crippen LogP contribution in [0.15, 0.2) is 28.7 Å². The van der Waals surface area contributed by atoms with E-state index in [1.807, 2.05) is 58.9 Å². The van der Waals surface area contributed by atoms with Gasteiger partial charge in [0.1, 0.15) is 11.3 Å². The summed E-state index contributed by atoms with van der Waals surface area (Å²) in [5, 5.41) is 0. The molecule has 0 radical (unpaired) electrons. The zero-order chi connectivity index (χ0) is 15.8. The lowest BCUT2D eigenvalue weighted by atomic mass is 10.1. The molecule has 1 saturated heterocycles. The minimum Gasteiger partial charge on any atom is -0.444 e. The van der Waals surface area contributed by atoms with Crippen LogP contribution in [0.3, 0.4) is 0 Å². The molecule has 0 aromatic heterocycles. The number of hydrogen-bond acceptors (Lipinski definition) is 3. The van der Waals surface area contributed by atoms with Crippen LogP contribution < -0.4 is 0 Å². The summed E-state index contributed by atoms with van der Waals surface area (Å²) < 4.78 is 12.3. The molecule has 0 bridgehead atoms. The summed E-state index contributed by atoms with van der Waals surface area (Å²) in [5.41, 5.74) is -0.187. The summed E-state index contributed by atoms with van der Waals surface area (Å²) in [6, 6.07) is 7.78. The van der Waals surface area contributed by atoms with Crippen LogP contribution in [0.4, 0.5) is 4.79 Å². The number of benzene rings is 1. The molecule has 0 saturated carbocycles. The maximum atomic E-state index is 12.6. The molecule has 116 valence electrons. The third-order valence-electron chi connectivity index (χ3n) is 3.31. The Balaban J connectivity index is 2.31. The lowest BCUT2D eigenvalue weighted by Gasteiger charge is -2.35.